The molecule has 0 radical (unpaired) electrons. The van der Waals surface area contributed by atoms with Crippen molar-refractivity contribution in [3.05, 3.63) is 12.2 Å². The van der Waals surface area contributed by atoms with Crippen molar-refractivity contribution in [3.63, 3.8) is 0 Å². The van der Waals surface area contributed by atoms with Gasteiger partial charge in [-0.15, -0.1) is 4.99 Å². The molecule has 1 saturated heterocycles. The lowest BCUT2D eigenvalue weighted by molar-refractivity contribution is 0.224. The fourth-order valence-electron chi connectivity index (χ4n) is 3.07. The summed E-state index contributed by atoms with van der Waals surface area (Å²) in [6.45, 7) is 16.2. The predicted molar refractivity (Wildman–Crippen MR) is 98.2 cm³/mol. The monoisotopic (exact) mass is 318 g/mol. The van der Waals surface area contributed by atoms with Gasteiger partial charge in [-0.25, -0.2) is 0 Å². The molecule has 1 aliphatic heterocycles. The second-order valence-corrected chi connectivity index (χ2v) is 8.33. The number of rotatable bonds is 5. The number of nitriles is 1. The Labute approximate surface area is 142 Å². The Morgan fingerprint density at radius 3 is 2.30 bits per heavy atom. The molecule has 0 N–H and O–H groups in total. The van der Waals surface area contributed by atoms with Crippen LogP contribution in [0.25, 0.3) is 0 Å². The number of hydrogen-bond acceptors (Lipinski definition) is 2. The molecule has 0 bridgehead atoms. The number of nitrogens with zero attached hydrogens (tertiary/aromatic N) is 4. The summed E-state index contributed by atoms with van der Waals surface area (Å²) in [4.78, 5) is 8.71. The highest BCUT2D eigenvalue weighted by Gasteiger charge is 2.44. The van der Waals surface area contributed by atoms with E-state index in [0.29, 0.717) is 0 Å². The molecular formula is C19H34N4. The molecule has 1 atom stereocenters. The van der Waals surface area contributed by atoms with Gasteiger partial charge in [-0.2, -0.15) is 5.26 Å². The highest BCUT2D eigenvalue weighted by molar-refractivity contribution is 5.85. The van der Waals surface area contributed by atoms with Gasteiger partial charge < -0.3 is 9.80 Å². The molecule has 1 heterocycles. The molecule has 0 saturated carbocycles. The second kappa shape index (κ2) is 7.86. The van der Waals surface area contributed by atoms with Crippen LogP contribution in [0.4, 0.5) is 0 Å². The standard InChI is InChI=1S/C19H34N4/c1-8-9-10-11-12-13-16-14-22(18(2,3)4)17(21-15-20)23(16)19(5,6)7/h12-13,16H,8-11,14H2,1-7H3/b13-12+,21-17?. The summed E-state index contributed by atoms with van der Waals surface area (Å²) in [5.41, 5.74) is -0.127. The Kier molecular flexibility index (Phi) is 6.68. The minimum Gasteiger partial charge on any atom is -0.335 e. The summed E-state index contributed by atoms with van der Waals surface area (Å²) >= 11 is 0. The van der Waals surface area contributed by atoms with Gasteiger partial charge in [0.05, 0.1) is 6.04 Å². The molecule has 23 heavy (non-hydrogen) atoms. The highest BCUT2D eigenvalue weighted by atomic mass is 15.5. The van der Waals surface area contributed by atoms with Crippen molar-refractivity contribution in [3.8, 4) is 6.19 Å². The van der Waals surface area contributed by atoms with Crippen molar-refractivity contribution in [2.75, 3.05) is 6.54 Å². The zero-order chi connectivity index (χ0) is 17.7. The SMILES string of the molecule is CCCCC/C=C/C1CN(C(C)(C)C)C(=NC#N)N1C(C)(C)C. The molecule has 0 aromatic rings. The minimum atomic E-state index is -0.0753. The number of hydrogen-bond donors (Lipinski definition) is 0. The fraction of sp³-hybridized carbons (Fsp3) is 0.789. The topological polar surface area (TPSA) is 42.6 Å². The Hall–Kier alpha value is -1.50. The lowest BCUT2D eigenvalue weighted by Gasteiger charge is -2.39. The third-order valence-corrected chi connectivity index (χ3v) is 4.17. The zero-order valence-corrected chi connectivity index (χ0v) is 16.1. The van der Waals surface area contributed by atoms with Gasteiger partial charge in [-0.1, -0.05) is 31.9 Å². The molecule has 0 amide bonds. The maximum Gasteiger partial charge on any atom is 0.214 e. The smallest absolute Gasteiger partial charge is 0.214 e. The van der Waals surface area contributed by atoms with Gasteiger partial charge >= 0.3 is 0 Å². The van der Waals surface area contributed by atoms with Crippen molar-refractivity contribution in [2.24, 2.45) is 4.99 Å². The van der Waals surface area contributed by atoms with Crippen LogP contribution in [0.15, 0.2) is 17.1 Å². The van der Waals surface area contributed by atoms with Gasteiger partial charge in [-0.3, -0.25) is 0 Å². The Morgan fingerprint density at radius 2 is 1.83 bits per heavy atom. The highest BCUT2D eigenvalue weighted by Crippen LogP contribution is 2.31. The Balaban J connectivity index is 3.05. The second-order valence-electron chi connectivity index (χ2n) is 8.33. The van der Waals surface area contributed by atoms with Crippen LogP contribution in [0.3, 0.4) is 0 Å². The van der Waals surface area contributed by atoms with Crippen molar-refractivity contribution in [2.45, 2.75) is 91.3 Å². The number of aliphatic imine (C=N–C) groups is 1. The summed E-state index contributed by atoms with van der Waals surface area (Å²) in [7, 11) is 0. The maximum atomic E-state index is 9.14. The van der Waals surface area contributed by atoms with Crippen molar-refractivity contribution in [1.82, 2.24) is 9.80 Å². The lowest BCUT2D eigenvalue weighted by atomic mass is 10.0. The van der Waals surface area contributed by atoms with Gasteiger partial charge in [-0.05, 0) is 54.4 Å². The zero-order valence-electron chi connectivity index (χ0n) is 16.1. The lowest BCUT2D eigenvalue weighted by Crippen LogP contribution is -2.50. The van der Waals surface area contributed by atoms with E-state index >= 15 is 0 Å². The molecule has 1 fully saturated rings. The van der Waals surface area contributed by atoms with Crippen molar-refractivity contribution in [1.29, 1.82) is 5.26 Å². The normalized spacial score (nSPS) is 21.5. The Bertz CT molecular complexity index is 471. The van der Waals surface area contributed by atoms with Crippen LogP contribution in [0.2, 0.25) is 0 Å². The van der Waals surface area contributed by atoms with E-state index < -0.39 is 0 Å². The summed E-state index contributed by atoms with van der Waals surface area (Å²) in [6, 6.07) is 0.267. The van der Waals surface area contributed by atoms with Crippen LogP contribution in [-0.2, 0) is 0 Å². The van der Waals surface area contributed by atoms with Crippen LogP contribution in [0.5, 0.6) is 0 Å². The first kappa shape index (κ1) is 19.5. The quantitative estimate of drug-likeness (QED) is 0.424. The van der Waals surface area contributed by atoms with Crippen LogP contribution in [0.1, 0.15) is 74.1 Å². The predicted octanol–water partition coefficient (Wildman–Crippen LogP) is 4.54. The first-order valence-electron chi connectivity index (χ1n) is 8.83. The molecule has 4 nitrogen and oxygen atoms in total. The van der Waals surface area contributed by atoms with Gasteiger partial charge in [0.2, 0.25) is 12.2 Å². The largest absolute Gasteiger partial charge is 0.335 e. The summed E-state index contributed by atoms with van der Waals surface area (Å²) < 4.78 is 0. The van der Waals surface area contributed by atoms with E-state index in [9.17, 15) is 0 Å². The third kappa shape index (κ3) is 5.27. The van der Waals surface area contributed by atoms with E-state index in [1.54, 1.807) is 0 Å². The van der Waals surface area contributed by atoms with E-state index in [2.05, 4.69) is 75.4 Å². The molecule has 0 aromatic heterocycles. The summed E-state index contributed by atoms with van der Waals surface area (Å²) in [5.74, 6) is 0.802. The molecule has 0 spiro atoms. The third-order valence-electron chi connectivity index (χ3n) is 4.17. The van der Waals surface area contributed by atoms with E-state index in [1.165, 1.54) is 19.3 Å². The summed E-state index contributed by atoms with van der Waals surface area (Å²) in [5, 5.41) is 9.14. The average Bonchev–Trinajstić information content (AvgIpc) is 2.77. The van der Waals surface area contributed by atoms with Gasteiger partial charge in [0.1, 0.15) is 0 Å². The number of guanidine groups is 1. The van der Waals surface area contributed by atoms with Crippen LogP contribution in [0, 0.1) is 11.5 Å². The van der Waals surface area contributed by atoms with E-state index in [1.807, 2.05) is 6.19 Å². The van der Waals surface area contributed by atoms with E-state index in [0.717, 1.165) is 18.9 Å². The number of allylic oxidation sites excluding steroid dienone is 1. The number of unbranched alkanes of at least 4 members (excludes halogenated alkanes) is 3. The van der Waals surface area contributed by atoms with Gasteiger partial charge in [0, 0.05) is 17.6 Å². The van der Waals surface area contributed by atoms with E-state index in [4.69, 9.17) is 5.26 Å². The molecule has 0 aromatic carbocycles. The van der Waals surface area contributed by atoms with Crippen molar-refractivity contribution < 1.29 is 0 Å². The molecule has 4 heteroatoms. The van der Waals surface area contributed by atoms with Crippen molar-refractivity contribution >= 4 is 5.96 Å². The maximum absolute atomic E-state index is 9.14. The van der Waals surface area contributed by atoms with E-state index in [-0.39, 0.29) is 17.1 Å². The molecule has 1 aliphatic rings. The molecule has 1 rings (SSSR count). The minimum absolute atomic E-state index is 0.0516. The molecule has 0 aliphatic carbocycles. The molecular weight excluding hydrogens is 284 g/mol. The van der Waals surface area contributed by atoms with Crippen LogP contribution >= 0.6 is 0 Å². The fourth-order valence-corrected chi connectivity index (χ4v) is 3.07. The average molecular weight is 319 g/mol. The molecule has 130 valence electrons. The van der Waals surface area contributed by atoms with Gasteiger partial charge in [0.25, 0.3) is 0 Å². The van der Waals surface area contributed by atoms with Crippen LogP contribution in [-0.4, -0.2) is 39.4 Å². The summed E-state index contributed by atoms with van der Waals surface area (Å²) in [6.07, 6.45) is 11.5. The Morgan fingerprint density at radius 1 is 1.17 bits per heavy atom. The first-order valence-corrected chi connectivity index (χ1v) is 8.83. The van der Waals surface area contributed by atoms with Gasteiger partial charge in [0.15, 0.2) is 0 Å². The first-order chi connectivity index (χ1) is 10.6. The van der Waals surface area contributed by atoms with Crippen LogP contribution < -0.4 is 0 Å². The molecule has 1 unspecified atom stereocenters.